The molecule has 8 rings (SSSR count). The Morgan fingerprint density at radius 3 is 1.71 bits per heavy atom. The van der Waals surface area contributed by atoms with Gasteiger partial charge < -0.3 is 0 Å². The molecule has 45 heavy (non-hydrogen) atoms. The first kappa shape index (κ1) is 28.6. The van der Waals surface area contributed by atoms with Crippen LogP contribution in [0.4, 0.5) is 0 Å². The molecule has 0 bridgehead atoms. The zero-order chi connectivity index (χ0) is 30.8. The van der Waals surface area contributed by atoms with E-state index < -0.39 is 0 Å². The molecule has 0 saturated carbocycles. The van der Waals surface area contributed by atoms with Crippen molar-refractivity contribution in [3.8, 4) is 22.3 Å². The van der Waals surface area contributed by atoms with Crippen LogP contribution >= 0.6 is 0 Å². The van der Waals surface area contributed by atoms with E-state index in [0.717, 1.165) is 12.8 Å². The summed E-state index contributed by atoms with van der Waals surface area (Å²) < 4.78 is 0. The van der Waals surface area contributed by atoms with Crippen LogP contribution in [0, 0.1) is 13.8 Å². The minimum atomic E-state index is 1.11. The zero-order valence-electron chi connectivity index (χ0n) is 26.3. The van der Waals surface area contributed by atoms with Crippen molar-refractivity contribution in [2.75, 3.05) is 0 Å². The molecule has 0 aliphatic heterocycles. The molecule has 0 aromatic heterocycles. The Hall–Kier alpha value is -5.20. The van der Waals surface area contributed by atoms with Gasteiger partial charge in [-0.2, -0.15) is 0 Å². The van der Waals surface area contributed by atoms with Crippen LogP contribution in [0.15, 0.2) is 157 Å². The number of hydrogen-bond acceptors (Lipinski definition) is 0. The highest BCUT2D eigenvalue weighted by Gasteiger charge is 2.20. The Labute approximate surface area is 267 Å². The fourth-order valence-electron chi connectivity index (χ4n) is 6.67. The first-order chi connectivity index (χ1) is 22.0. The molecular weight excluding hydrogens is 540 g/mol. The predicted molar refractivity (Wildman–Crippen MR) is 195 cm³/mol. The zero-order valence-corrected chi connectivity index (χ0v) is 26.3. The second-order valence-electron chi connectivity index (χ2n) is 12.3. The number of hydrogen-bond donors (Lipinski definition) is 0. The maximum Gasteiger partial charge on any atom is -0.0117 e. The summed E-state index contributed by atoms with van der Waals surface area (Å²) in [7, 11) is 0. The predicted octanol–water partition coefficient (Wildman–Crippen LogP) is 12.4. The molecule has 1 aliphatic rings. The lowest BCUT2D eigenvalue weighted by Gasteiger charge is -2.24. The van der Waals surface area contributed by atoms with Gasteiger partial charge in [-0.15, -0.1) is 0 Å². The van der Waals surface area contributed by atoms with Crippen LogP contribution in [0.5, 0.6) is 0 Å². The van der Waals surface area contributed by atoms with Crippen molar-refractivity contribution in [3.05, 3.63) is 185 Å². The van der Waals surface area contributed by atoms with Gasteiger partial charge in [0.2, 0.25) is 0 Å². The molecule has 0 spiro atoms. The Kier molecular flexibility index (Phi) is 7.89. The van der Waals surface area contributed by atoms with Gasteiger partial charge >= 0.3 is 0 Å². The average Bonchev–Trinajstić information content (AvgIpc) is 3.09. The Bertz CT molecular complexity index is 2180. The molecule has 0 heterocycles. The standard InChI is InChI=1S/C34H28.C11H10/c1-23-8-6-7-11-32(23)34-24(2)12-13-31-22-30(18-19-33(31)34)29-17-16-27-20-26(14-15-28(27)21-29)25-9-4-3-5-10-25;1-9-6-7-10-4-2-3-5-11(10)8-9/h3-11,14-22H,12-13H2,1-2H3;2-8H,1H3. The summed E-state index contributed by atoms with van der Waals surface area (Å²) in [6, 6.07) is 55.0. The van der Waals surface area contributed by atoms with Gasteiger partial charge in [-0.05, 0) is 117 Å². The van der Waals surface area contributed by atoms with Gasteiger partial charge in [0.05, 0.1) is 0 Å². The number of aryl methyl sites for hydroxylation is 3. The summed E-state index contributed by atoms with van der Waals surface area (Å²) in [6.45, 7) is 6.63. The molecule has 0 N–H and O–H groups in total. The normalized spacial score (nSPS) is 12.5. The lowest BCUT2D eigenvalue weighted by Crippen LogP contribution is -2.06. The van der Waals surface area contributed by atoms with Gasteiger partial charge in [-0.1, -0.05) is 151 Å². The smallest absolute Gasteiger partial charge is 0.0117 e. The van der Waals surface area contributed by atoms with Gasteiger partial charge in [-0.25, -0.2) is 0 Å². The summed E-state index contributed by atoms with van der Waals surface area (Å²) in [5.41, 5.74) is 14.9. The van der Waals surface area contributed by atoms with Crippen LogP contribution in [0.2, 0.25) is 0 Å². The second kappa shape index (κ2) is 12.4. The molecule has 7 aromatic carbocycles. The molecule has 0 saturated heterocycles. The number of benzene rings is 7. The maximum absolute atomic E-state index is 2.42. The Balaban J connectivity index is 0.000000249. The van der Waals surface area contributed by atoms with E-state index in [9.17, 15) is 0 Å². The van der Waals surface area contributed by atoms with Crippen LogP contribution in [0.25, 0.3) is 49.4 Å². The molecule has 0 heteroatoms. The van der Waals surface area contributed by atoms with Crippen LogP contribution in [-0.4, -0.2) is 0 Å². The van der Waals surface area contributed by atoms with Crippen LogP contribution in [0.3, 0.4) is 0 Å². The van der Waals surface area contributed by atoms with Crippen molar-refractivity contribution < 1.29 is 0 Å². The van der Waals surface area contributed by atoms with Crippen LogP contribution in [0.1, 0.15) is 41.2 Å². The monoisotopic (exact) mass is 578 g/mol. The lowest BCUT2D eigenvalue weighted by atomic mass is 9.80. The minimum Gasteiger partial charge on any atom is -0.0645 e. The van der Waals surface area contributed by atoms with Crippen LogP contribution in [-0.2, 0) is 6.42 Å². The number of fused-ring (bicyclic) bond motifs is 3. The molecule has 0 fully saturated rings. The third-order valence-corrected chi connectivity index (χ3v) is 9.17. The molecule has 0 amide bonds. The second-order valence-corrected chi connectivity index (χ2v) is 12.3. The molecule has 0 unspecified atom stereocenters. The van der Waals surface area contributed by atoms with Gasteiger partial charge in [0.25, 0.3) is 0 Å². The molecule has 0 radical (unpaired) electrons. The molecular formula is C45H38. The third kappa shape index (κ3) is 5.97. The summed E-state index contributed by atoms with van der Waals surface area (Å²) in [5, 5.41) is 5.21. The fraction of sp³-hybridized carbons (Fsp3) is 0.111. The van der Waals surface area contributed by atoms with Crippen LogP contribution < -0.4 is 0 Å². The summed E-state index contributed by atoms with van der Waals surface area (Å²) in [5.74, 6) is 0. The highest BCUT2D eigenvalue weighted by atomic mass is 14.2. The van der Waals surface area contributed by atoms with Gasteiger partial charge in [0, 0.05) is 0 Å². The van der Waals surface area contributed by atoms with E-state index in [1.54, 1.807) is 0 Å². The summed E-state index contributed by atoms with van der Waals surface area (Å²) in [6.07, 6.45) is 2.23. The molecule has 218 valence electrons. The molecule has 7 aromatic rings. The lowest BCUT2D eigenvalue weighted by molar-refractivity contribution is 0.918. The van der Waals surface area contributed by atoms with E-state index in [0.29, 0.717) is 0 Å². The van der Waals surface area contributed by atoms with Crippen molar-refractivity contribution in [3.63, 3.8) is 0 Å². The van der Waals surface area contributed by atoms with Crippen molar-refractivity contribution in [1.82, 2.24) is 0 Å². The minimum absolute atomic E-state index is 1.11. The van der Waals surface area contributed by atoms with Crippen molar-refractivity contribution in [2.24, 2.45) is 0 Å². The van der Waals surface area contributed by atoms with E-state index in [1.807, 2.05) is 0 Å². The van der Waals surface area contributed by atoms with E-state index in [2.05, 4.69) is 172 Å². The molecule has 1 aliphatic carbocycles. The van der Waals surface area contributed by atoms with Gasteiger partial charge in [0.15, 0.2) is 0 Å². The fourth-order valence-corrected chi connectivity index (χ4v) is 6.67. The Morgan fingerprint density at radius 1 is 0.378 bits per heavy atom. The number of allylic oxidation sites excluding steroid dienone is 1. The largest absolute Gasteiger partial charge is 0.0645 e. The third-order valence-electron chi connectivity index (χ3n) is 9.17. The summed E-state index contributed by atoms with van der Waals surface area (Å²) >= 11 is 0. The van der Waals surface area contributed by atoms with Crippen molar-refractivity contribution in [2.45, 2.75) is 33.6 Å². The summed E-state index contributed by atoms with van der Waals surface area (Å²) in [4.78, 5) is 0. The van der Waals surface area contributed by atoms with E-state index in [-0.39, 0.29) is 0 Å². The Morgan fingerprint density at radius 2 is 0.956 bits per heavy atom. The topological polar surface area (TPSA) is 0 Å². The van der Waals surface area contributed by atoms with Gasteiger partial charge in [0.1, 0.15) is 0 Å². The number of rotatable bonds is 3. The molecule has 0 nitrogen and oxygen atoms in total. The van der Waals surface area contributed by atoms with Crippen molar-refractivity contribution >= 4 is 27.1 Å². The molecule has 0 atom stereocenters. The van der Waals surface area contributed by atoms with Gasteiger partial charge in [-0.3, -0.25) is 0 Å². The highest BCUT2D eigenvalue weighted by Crippen LogP contribution is 2.39. The first-order valence-electron chi connectivity index (χ1n) is 16.0. The highest BCUT2D eigenvalue weighted by molar-refractivity contribution is 5.92. The van der Waals surface area contributed by atoms with E-state index in [1.165, 1.54) is 82.8 Å². The average molecular weight is 579 g/mol. The first-order valence-corrected chi connectivity index (χ1v) is 16.0. The van der Waals surface area contributed by atoms with E-state index in [4.69, 9.17) is 0 Å². The van der Waals surface area contributed by atoms with Crippen molar-refractivity contribution in [1.29, 1.82) is 0 Å². The maximum atomic E-state index is 2.42. The quantitative estimate of drug-likeness (QED) is 0.196. The van der Waals surface area contributed by atoms with E-state index >= 15 is 0 Å². The SMILES string of the molecule is CC1=C(c2ccccc2C)c2ccc(-c3ccc4cc(-c5ccccc5)ccc4c3)cc2CC1.Cc1ccc2ccccc2c1.